The van der Waals surface area contributed by atoms with Gasteiger partial charge in [-0.25, -0.2) is 0 Å². The van der Waals surface area contributed by atoms with Gasteiger partial charge >= 0.3 is 5.97 Å². The maximum Gasteiger partial charge on any atom is 0.307 e. The van der Waals surface area contributed by atoms with Gasteiger partial charge in [0.15, 0.2) is 0 Å². The van der Waals surface area contributed by atoms with Crippen LogP contribution >= 0.6 is 0 Å². The average molecular weight is 537 g/mol. The monoisotopic (exact) mass is 536 g/mol. The van der Waals surface area contributed by atoms with Crippen LogP contribution in [0.15, 0.2) is 65.6 Å². The number of hydrogen-bond donors (Lipinski definition) is 1. The third kappa shape index (κ3) is 4.31. The van der Waals surface area contributed by atoms with Crippen LogP contribution in [0.4, 0.5) is 0 Å². The molecule has 0 radical (unpaired) electrons. The summed E-state index contributed by atoms with van der Waals surface area (Å²) in [4.78, 5) is 30.1. The smallest absolute Gasteiger partial charge is 0.307 e. The molecule has 0 bridgehead atoms. The Kier molecular flexibility index (Phi) is 6.38. The maximum atomic E-state index is 13.3. The molecule has 1 aliphatic rings. The third-order valence-electron chi connectivity index (χ3n) is 7.54. The van der Waals surface area contributed by atoms with E-state index in [9.17, 15) is 14.7 Å². The summed E-state index contributed by atoms with van der Waals surface area (Å²) in [5, 5.41) is 11.6. The molecule has 0 spiro atoms. The fourth-order valence-corrected chi connectivity index (χ4v) is 5.71. The molecule has 3 aromatic carbocycles. The lowest BCUT2D eigenvalue weighted by Gasteiger charge is -2.22. The van der Waals surface area contributed by atoms with E-state index in [-0.39, 0.29) is 18.5 Å². The molecule has 1 N–H and O–H groups in total. The van der Waals surface area contributed by atoms with Crippen molar-refractivity contribution in [3.63, 3.8) is 0 Å². The molecule has 40 heavy (non-hydrogen) atoms. The molecule has 202 valence electrons. The number of ether oxygens (including phenoxy) is 3. The Bertz CT molecular complexity index is 1840. The average Bonchev–Trinajstić information content (AvgIpc) is 2.95. The van der Waals surface area contributed by atoms with Gasteiger partial charge < -0.3 is 23.9 Å². The first-order valence-corrected chi connectivity index (χ1v) is 13.0. The topological polar surface area (TPSA) is 99.9 Å². The number of methoxy groups -OCH3 is 2. The number of pyridine rings is 2. The van der Waals surface area contributed by atoms with Crippen molar-refractivity contribution in [1.82, 2.24) is 9.55 Å². The van der Waals surface area contributed by atoms with Crippen LogP contribution in [0.2, 0.25) is 0 Å². The number of aryl methyl sites for hydroxylation is 1. The van der Waals surface area contributed by atoms with Crippen LogP contribution in [0.5, 0.6) is 17.2 Å². The molecule has 2 aromatic heterocycles. The molecule has 0 amide bonds. The van der Waals surface area contributed by atoms with E-state index in [1.807, 2.05) is 43.3 Å². The summed E-state index contributed by atoms with van der Waals surface area (Å²) < 4.78 is 18.5. The van der Waals surface area contributed by atoms with Crippen molar-refractivity contribution in [2.75, 3.05) is 20.8 Å². The minimum Gasteiger partial charge on any atom is -0.497 e. The quantitative estimate of drug-likeness (QED) is 0.307. The second-order valence-electron chi connectivity index (χ2n) is 9.93. The zero-order valence-corrected chi connectivity index (χ0v) is 22.5. The fourth-order valence-electron chi connectivity index (χ4n) is 5.71. The molecule has 0 aliphatic carbocycles. The molecule has 0 unspecified atom stereocenters. The first-order valence-electron chi connectivity index (χ1n) is 13.0. The number of rotatable bonds is 7. The standard InChI is InChI=1S/C32H28N2O6/c1-18-12-26-23(5-7-28(35)34(26)17-19-13-21(38-2)15-22(14-19)39-3)31(25(18)16-29(36)37)24-4-6-27-30-20(9-11-40-27)8-10-33-32(24)30/h4-8,10,12-15H,9,11,16-17H2,1-3H3,(H,36,37). The van der Waals surface area contributed by atoms with Crippen LogP contribution < -0.4 is 19.8 Å². The summed E-state index contributed by atoms with van der Waals surface area (Å²) in [6, 6.07) is 16.6. The lowest BCUT2D eigenvalue weighted by atomic mass is 9.87. The number of aliphatic carboxylic acids is 1. The van der Waals surface area contributed by atoms with E-state index in [2.05, 4.69) is 0 Å². The lowest BCUT2D eigenvalue weighted by molar-refractivity contribution is -0.136. The van der Waals surface area contributed by atoms with E-state index in [0.29, 0.717) is 29.2 Å². The Morgan fingerprint density at radius 2 is 1.82 bits per heavy atom. The molecule has 3 heterocycles. The van der Waals surface area contributed by atoms with E-state index in [1.54, 1.807) is 37.1 Å². The second-order valence-corrected chi connectivity index (χ2v) is 9.93. The van der Waals surface area contributed by atoms with E-state index < -0.39 is 5.97 Å². The molecule has 0 saturated carbocycles. The van der Waals surface area contributed by atoms with Crippen LogP contribution in [-0.2, 0) is 24.2 Å². The number of carbonyl (C=O) groups is 1. The van der Waals surface area contributed by atoms with Crippen molar-refractivity contribution in [2.45, 2.75) is 26.3 Å². The lowest BCUT2D eigenvalue weighted by Crippen LogP contribution is -2.21. The van der Waals surface area contributed by atoms with Gasteiger partial charge in [0.1, 0.15) is 17.2 Å². The molecule has 6 rings (SSSR count). The number of aromatic nitrogens is 2. The second kappa shape index (κ2) is 10.0. The molecule has 1 aliphatic heterocycles. The molecule has 8 heteroatoms. The summed E-state index contributed by atoms with van der Waals surface area (Å²) in [6.45, 7) is 2.76. The van der Waals surface area contributed by atoms with Crippen LogP contribution in [0.25, 0.3) is 32.9 Å². The summed E-state index contributed by atoms with van der Waals surface area (Å²) in [7, 11) is 3.17. The highest BCUT2D eigenvalue weighted by atomic mass is 16.5. The predicted octanol–water partition coefficient (Wildman–Crippen LogP) is 5.15. The van der Waals surface area contributed by atoms with E-state index in [4.69, 9.17) is 19.2 Å². The van der Waals surface area contributed by atoms with Crippen molar-refractivity contribution in [3.05, 3.63) is 93.4 Å². The van der Waals surface area contributed by atoms with Gasteiger partial charge in [0, 0.05) is 41.1 Å². The van der Waals surface area contributed by atoms with Crippen LogP contribution in [-0.4, -0.2) is 41.5 Å². The first kappa shape index (κ1) is 25.4. The molecule has 5 aromatic rings. The number of benzene rings is 3. The van der Waals surface area contributed by atoms with Gasteiger partial charge in [-0.05, 0) is 77.2 Å². The van der Waals surface area contributed by atoms with Crippen molar-refractivity contribution in [1.29, 1.82) is 0 Å². The summed E-state index contributed by atoms with van der Waals surface area (Å²) in [5.41, 5.74) is 6.30. The van der Waals surface area contributed by atoms with E-state index in [0.717, 1.165) is 56.3 Å². The zero-order chi connectivity index (χ0) is 28.0. The van der Waals surface area contributed by atoms with Crippen molar-refractivity contribution in [3.8, 4) is 28.4 Å². The van der Waals surface area contributed by atoms with E-state index in [1.165, 1.54) is 6.07 Å². The highest BCUT2D eigenvalue weighted by Crippen LogP contribution is 2.42. The number of fused-ring (bicyclic) bond motifs is 1. The van der Waals surface area contributed by atoms with Gasteiger partial charge in [-0.3, -0.25) is 14.6 Å². The Labute approximate surface area is 230 Å². The predicted molar refractivity (Wildman–Crippen MR) is 153 cm³/mol. The Morgan fingerprint density at radius 1 is 1.05 bits per heavy atom. The highest BCUT2D eigenvalue weighted by molar-refractivity contribution is 6.08. The third-order valence-corrected chi connectivity index (χ3v) is 7.54. The highest BCUT2D eigenvalue weighted by Gasteiger charge is 2.23. The van der Waals surface area contributed by atoms with Gasteiger partial charge in [-0.1, -0.05) is 0 Å². The molecule has 0 fully saturated rings. The Hall–Kier alpha value is -4.85. The summed E-state index contributed by atoms with van der Waals surface area (Å²) >= 11 is 0. The van der Waals surface area contributed by atoms with Gasteiger partial charge in [-0.2, -0.15) is 0 Å². The molecule has 0 saturated heterocycles. The summed E-state index contributed by atoms with van der Waals surface area (Å²) in [5.74, 6) is 1.09. The van der Waals surface area contributed by atoms with Gasteiger partial charge in [0.2, 0.25) is 0 Å². The summed E-state index contributed by atoms with van der Waals surface area (Å²) in [6.07, 6.45) is 2.40. The normalized spacial score (nSPS) is 12.4. The van der Waals surface area contributed by atoms with Crippen molar-refractivity contribution in [2.24, 2.45) is 0 Å². The van der Waals surface area contributed by atoms with Crippen LogP contribution in [0.1, 0.15) is 22.3 Å². The van der Waals surface area contributed by atoms with Gasteiger partial charge in [-0.15, -0.1) is 0 Å². The minimum absolute atomic E-state index is 0.164. The number of carboxylic acids is 1. The molecule has 0 atom stereocenters. The number of nitrogens with zero attached hydrogens (tertiary/aromatic N) is 2. The van der Waals surface area contributed by atoms with Crippen LogP contribution in [0, 0.1) is 6.92 Å². The first-order chi connectivity index (χ1) is 19.4. The van der Waals surface area contributed by atoms with Gasteiger partial charge in [0.05, 0.1) is 44.8 Å². The van der Waals surface area contributed by atoms with E-state index >= 15 is 0 Å². The zero-order valence-electron chi connectivity index (χ0n) is 22.5. The SMILES string of the molecule is COc1cc(Cn2c(=O)ccc3c(-c4ccc5c6c(ccnc46)CCO5)c(CC(=O)O)c(C)cc32)cc(OC)c1. The van der Waals surface area contributed by atoms with Gasteiger partial charge in [0.25, 0.3) is 5.56 Å². The molecule has 8 nitrogen and oxygen atoms in total. The Morgan fingerprint density at radius 3 is 2.55 bits per heavy atom. The molecular formula is C32H28N2O6. The fraction of sp³-hybridized carbons (Fsp3) is 0.219. The molecular weight excluding hydrogens is 508 g/mol. The van der Waals surface area contributed by atoms with Crippen LogP contribution in [0.3, 0.4) is 0 Å². The Balaban J connectivity index is 1.65. The van der Waals surface area contributed by atoms with Crippen molar-refractivity contribution >= 4 is 27.8 Å². The number of carboxylic acid groups (broad SMARTS) is 1. The maximum absolute atomic E-state index is 13.3. The minimum atomic E-state index is -0.931. The van der Waals surface area contributed by atoms with Crippen molar-refractivity contribution < 1.29 is 24.1 Å². The largest absolute Gasteiger partial charge is 0.497 e. The number of hydrogen-bond acceptors (Lipinski definition) is 6.